The van der Waals surface area contributed by atoms with Gasteiger partial charge >= 0.3 is 0 Å². The van der Waals surface area contributed by atoms with Crippen LogP contribution in [0.2, 0.25) is 0 Å². The van der Waals surface area contributed by atoms with Crippen LogP contribution < -0.4 is 0 Å². The van der Waals surface area contributed by atoms with Crippen LogP contribution in [0.4, 0.5) is 0 Å². The van der Waals surface area contributed by atoms with Crippen LogP contribution in [-0.4, -0.2) is 0 Å². The van der Waals surface area contributed by atoms with Crippen molar-refractivity contribution in [2.75, 3.05) is 0 Å². The number of allylic oxidation sites excluding steroid dienone is 1. The van der Waals surface area contributed by atoms with Crippen molar-refractivity contribution in [2.45, 2.75) is 13.8 Å². The summed E-state index contributed by atoms with van der Waals surface area (Å²) in [5, 5.41) is 0. The van der Waals surface area contributed by atoms with E-state index in [4.69, 9.17) is 0 Å². The topological polar surface area (TPSA) is 0 Å². The van der Waals surface area contributed by atoms with Gasteiger partial charge in [-0.25, -0.2) is 12.7 Å². The van der Waals surface area contributed by atoms with Gasteiger partial charge in [0.05, 0.1) is 0 Å². The van der Waals surface area contributed by atoms with Gasteiger partial charge in [0.15, 0.2) is 0 Å². The van der Waals surface area contributed by atoms with E-state index in [1.54, 1.807) is 13.8 Å². The molecule has 0 aromatic rings. The standard InChI is InChI=1S/C4H5.C2H5.C2H3.3Y/c1-3-4-2;2*1-2;;;/h1H2,2H3;1H2,2H3;1H,2H2;;;/q3*-1;;;. The Kier molecular flexibility index (Phi) is 274. The van der Waals surface area contributed by atoms with Gasteiger partial charge in [0.25, 0.3) is 0 Å². The third-order valence-corrected chi connectivity index (χ3v) is 0.177. The van der Waals surface area contributed by atoms with Gasteiger partial charge in [-0.1, -0.05) is 0 Å². The van der Waals surface area contributed by atoms with Gasteiger partial charge in [0, 0.05) is 98.1 Å². The van der Waals surface area contributed by atoms with Crippen molar-refractivity contribution in [3.63, 3.8) is 0 Å². The summed E-state index contributed by atoms with van der Waals surface area (Å²) in [5.41, 5.74) is 2.43. The number of hydrogen-bond donors (Lipinski definition) is 0. The molecule has 57 valence electrons. The van der Waals surface area contributed by atoms with Crippen LogP contribution in [0, 0.1) is 19.6 Å². The quantitative estimate of drug-likeness (QED) is 0.451. The van der Waals surface area contributed by atoms with Crippen molar-refractivity contribution >= 4 is 0 Å². The summed E-state index contributed by atoms with van der Waals surface area (Å²) in [5.74, 6) is 0. The van der Waals surface area contributed by atoms with E-state index in [0.29, 0.717) is 0 Å². The van der Waals surface area contributed by atoms with E-state index in [1.807, 2.05) is 0 Å². The van der Waals surface area contributed by atoms with Gasteiger partial charge in [0.1, 0.15) is 0 Å². The Balaban J connectivity index is -0.00000000813. The van der Waals surface area contributed by atoms with E-state index in [1.165, 1.54) is 0 Å². The predicted octanol–water partition coefficient (Wildman–Crippen LogP) is 2.59. The Morgan fingerprint density at radius 2 is 1.27 bits per heavy atom. The molecule has 0 saturated carbocycles. The summed E-state index contributed by atoms with van der Waals surface area (Å²) in [7, 11) is 0. The summed E-state index contributed by atoms with van der Waals surface area (Å²) in [6, 6.07) is 0. The minimum absolute atomic E-state index is 0. The van der Waals surface area contributed by atoms with Crippen LogP contribution in [0.25, 0.3) is 0 Å². The first-order chi connectivity index (χ1) is 3.91. The zero-order valence-electron chi connectivity index (χ0n) is 7.43. The van der Waals surface area contributed by atoms with Gasteiger partial charge in [-0.05, 0) is 0 Å². The molecule has 0 aliphatic carbocycles. The molecule has 0 bridgehead atoms. The molecular formula is C8H13Y3-3. The largest absolute Gasteiger partial charge is 0.521 e. The average molecular weight is 376 g/mol. The molecule has 0 fully saturated rings. The first-order valence-corrected chi connectivity index (χ1v) is 2.22. The molecule has 11 heavy (non-hydrogen) atoms. The van der Waals surface area contributed by atoms with Crippen LogP contribution in [0.5, 0.6) is 0 Å². The van der Waals surface area contributed by atoms with Crippen LogP contribution in [-0.2, 0) is 98.1 Å². The Hall–Kier alpha value is 2.57. The van der Waals surface area contributed by atoms with Crippen LogP contribution >= 0.6 is 0 Å². The Bertz CT molecular complexity index is 56.4. The molecule has 0 aliphatic rings. The number of rotatable bonds is 0. The Morgan fingerprint density at radius 3 is 1.27 bits per heavy atom. The smallest absolute Gasteiger partial charge is 0 e. The Morgan fingerprint density at radius 1 is 1.18 bits per heavy atom. The normalized spacial score (nSPS) is 2.45. The van der Waals surface area contributed by atoms with Crippen molar-refractivity contribution in [2.24, 2.45) is 0 Å². The van der Waals surface area contributed by atoms with Crippen LogP contribution in [0.15, 0.2) is 18.9 Å². The molecule has 0 spiro atoms. The number of hydrogen-bond acceptors (Lipinski definition) is 0. The zero-order valence-corrected chi connectivity index (χ0v) is 15.9. The maximum atomic E-state index is 4.25. The second kappa shape index (κ2) is 80.5. The van der Waals surface area contributed by atoms with E-state index in [9.17, 15) is 0 Å². The molecule has 0 aromatic heterocycles. The first-order valence-electron chi connectivity index (χ1n) is 2.22. The zero-order chi connectivity index (χ0) is 7.41. The fourth-order valence-corrected chi connectivity index (χ4v) is 0. The van der Waals surface area contributed by atoms with Crippen molar-refractivity contribution in [3.05, 3.63) is 38.5 Å². The third-order valence-electron chi connectivity index (χ3n) is 0.177. The minimum atomic E-state index is 0. The fourth-order valence-electron chi connectivity index (χ4n) is 0. The van der Waals surface area contributed by atoms with E-state index in [-0.39, 0.29) is 98.1 Å². The molecule has 0 rings (SSSR count). The van der Waals surface area contributed by atoms with E-state index in [2.05, 4.69) is 38.5 Å². The van der Waals surface area contributed by atoms with E-state index in [0.717, 1.165) is 0 Å². The van der Waals surface area contributed by atoms with Crippen molar-refractivity contribution in [1.82, 2.24) is 0 Å². The van der Waals surface area contributed by atoms with Gasteiger partial charge < -0.3 is 19.2 Å². The molecule has 0 amide bonds. The maximum absolute atomic E-state index is 4.25. The molecule has 0 saturated heterocycles. The van der Waals surface area contributed by atoms with Crippen LogP contribution in [0.1, 0.15) is 13.8 Å². The second-order valence-electron chi connectivity index (χ2n) is 0.427. The summed E-state index contributed by atoms with van der Waals surface area (Å²) in [6.07, 6.45) is 2.57. The van der Waals surface area contributed by atoms with Crippen molar-refractivity contribution in [3.8, 4) is 0 Å². The van der Waals surface area contributed by atoms with Crippen LogP contribution in [0.3, 0.4) is 0 Å². The summed E-state index contributed by atoms with van der Waals surface area (Å²) >= 11 is 0. The summed E-state index contributed by atoms with van der Waals surface area (Å²) < 4.78 is 0. The predicted molar refractivity (Wildman–Crippen MR) is 39.0 cm³/mol. The summed E-state index contributed by atoms with van der Waals surface area (Å²) in [4.78, 5) is 0. The maximum Gasteiger partial charge on any atom is 0 e. The summed E-state index contributed by atoms with van der Waals surface area (Å²) in [6.45, 7) is 17.0. The van der Waals surface area contributed by atoms with E-state index >= 15 is 0 Å². The molecule has 0 aliphatic heterocycles. The van der Waals surface area contributed by atoms with Gasteiger partial charge in [-0.15, -0.1) is 6.92 Å². The fraction of sp³-hybridized carbons (Fsp3) is 0.250. The molecule has 0 atom stereocenters. The second-order valence-corrected chi connectivity index (χ2v) is 0.427. The molecule has 0 unspecified atom stereocenters. The minimum Gasteiger partial charge on any atom is -0.521 e. The molecule has 0 heterocycles. The van der Waals surface area contributed by atoms with Gasteiger partial charge in [0.2, 0.25) is 0 Å². The monoisotopic (exact) mass is 376 g/mol. The SMILES string of the molecule is C=C=[C-]C.[CH-]=C.[CH2-]C.[Y].[Y].[Y]. The van der Waals surface area contributed by atoms with Gasteiger partial charge in [-0.2, -0.15) is 6.92 Å². The molecule has 3 radical (unpaired) electrons. The van der Waals surface area contributed by atoms with Crippen molar-refractivity contribution < 1.29 is 98.1 Å². The van der Waals surface area contributed by atoms with Crippen molar-refractivity contribution in [1.29, 1.82) is 0 Å². The third kappa shape index (κ3) is 110. The molecule has 0 aromatic carbocycles. The molecule has 0 nitrogen and oxygen atoms in total. The molecule has 3 heteroatoms. The Labute approximate surface area is 147 Å². The first kappa shape index (κ1) is 37.4. The average Bonchev–Trinajstić information content (AvgIpc) is 1.96. The molecule has 0 N–H and O–H groups in total. The molecular weight excluding hydrogens is 363 g/mol. The van der Waals surface area contributed by atoms with Gasteiger partial charge in [-0.3, -0.25) is 6.58 Å². The van der Waals surface area contributed by atoms with E-state index < -0.39 is 0 Å².